The van der Waals surface area contributed by atoms with Crippen molar-refractivity contribution in [2.75, 3.05) is 13.1 Å². The van der Waals surface area contributed by atoms with Crippen LogP contribution < -0.4 is 0 Å². The van der Waals surface area contributed by atoms with E-state index in [0.717, 1.165) is 32.1 Å². The Labute approximate surface area is 164 Å². The number of halogens is 1. The van der Waals surface area contributed by atoms with E-state index in [4.69, 9.17) is 4.52 Å². The number of hydrogen-bond donors (Lipinski definition) is 0. The Morgan fingerprint density at radius 1 is 1.11 bits per heavy atom. The van der Waals surface area contributed by atoms with Crippen LogP contribution >= 0.6 is 0 Å². The summed E-state index contributed by atoms with van der Waals surface area (Å²) in [6.07, 6.45) is 6.43. The monoisotopic (exact) mass is 405 g/mol. The standard InChI is InChI=1S/C20H24FN3O3S/c21-16-5-3-15(4-6-16)18-22-19(23-27-18)20(13-14-1-2-14)9-11-24(12-10-20)28(25,26)17-7-8-17/h3-6,14,17H,1-2,7-13H2. The van der Waals surface area contributed by atoms with E-state index in [0.29, 0.717) is 36.3 Å². The molecule has 1 saturated heterocycles. The smallest absolute Gasteiger partial charge is 0.257 e. The third kappa shape index (κ3) is 3.37. The molecule has 28 heavy (non-hydrogen) atoms. The summed E-state index contributed by atoms with van der Waals surface area (Å²) in [4.78, 5) is 4.65. The van der Waals surface area contributed by atoms with E-state index in [1.54, 1.807) is 16.4 Å². The van der Waals surface area contributed by atoms with Crippen LogP contribution in [0.25, 0.3) is 11.5 Å². The lowest BCUT2D eigenvalue weighted by Gasteiger charge is -2.39. The van der Waals surface area contributed by atoms with Gasteiger partial charge in [-0.25, -0.2) is 17.1 Å². The SMILES string of the molecule is O=S(=O)(C1CC1)N1CCC(CC2CC2)(c2noc(-c3ccc(F)cc3)n2)CC1. The van der Waals surface area contributed by atoms with Gasteiger partial charge in [0.1, 0.15) is 5.82 Å². The van der Waals surface area contributed by atoms with Gasteiger partial charge in [-0.3, -0.25) is 0 Å². The second kappa shape index (κ2) is 6.62. The van der Waals surface area contributed by atoms with E-state index in [9.17, 15) is 12.8 Å². The lowest BCUT2D eigenvalue weighted by Crippen LogP contribution is -2.46. The highest BCUT2D eigenvalue weighted by molar-refractivity contribution is 7.90. The number of rotatable bonds is 6. The van der Waals surface area contributed by atoms with Crippen molar-refractivity contribution in [1.29, 1.82) is 0 Å². The summed E-state index contributed by atoms with van der Waals surface area (Å²) >= 11 is 0. The highest BCUT2D eigenvalue weighted by Gasteiger charge is 2.48. The van der Waals surface area contributed by atoms with Gasteiger partial charge in [0.05, 0.1) is 5.25 Å². The molecule has 2 heterocycles. The first-order valence-electron chi connectivity index (χ1n) is 10.1. The summed E-state index contributed by atoms with van der Waals surface area (Å²) in [5.74, 6) is 1.41. The van der Waals surface area contributed by atoms with Gasteiger partial charge >= 0.3 is 0 Å². The van der Waals surface area contributed by atoms with Crippen LogP contribution in [0.15, 0.2) is 28.8 Å². The van der Waals surface area contributed by atoms with Crippen LogP contribution in [0, 0.1) is 11.7 Å². The van der Waals surface area contributed by atoms with Gasteiger partial charge in [0.15, 0.2) is 5.82 Å². The molecule has 0 amide bonds. The average Bonchev–Trinajstić information content (AvgIpc) is 3.62. The van der Waals surface area contributed by atoms with Crippen molar-refractivity contribution >= 4 is 10.0 Å². The maximum Gasteiger partial charge on any atom is 0.257 e. The molecule has 150 valence electrons. The van der Waals surface area contributed by atoms with Crippen molar-refractivity contribution in [1.82, 2.24) is 14.4 Å². The molecule has 6 nitrogen and oxygen atoms in total. The summed E-state index contributed by atoms with van der Waals surface area (Å²) in [7, 11) is -3.14. The number of nitrogens with zero attached hydrogens (tertiary/aromatic N) is 3. The maximum atomic E-state index is 13.2. The van der Waals surface area contributed by atoms with Crippen LogP contribution in [0.5, 0.6) is 0 Å². The van der Waals surface area contributed by atoms with Crippen LogP contribution in [-0.2, 0) is 15.4 Å². The summed E-state index contributed by atoms with van der Waals surface area (Å²) in [5, 5.41) is 4.11. The number of piperidine rings is 1. The van der Waals surface area contributed by atoms with Gasteiger partial charge in [-0.1, -0.05) is 18.0 Å². The average molecular weight is 405 g/mol. The molecule has 1 aromatic heterocycles. The van der Waals surface area contributed by atoms with Gasteiger partial charge in [0.2, 0.25) is 10.0 Å². The fourth-order valence-corrected chi connectivity index (χ4v) is 6.13. The van der Waals surface area contributed by atoms with Crippen molar-refractivity contribution in [2.45, 2.75) is 55.6 Å². The zero-order valence-electron chi connectivity index (χ0n) is 15.7. The molecule has 3 fully saturated rings. The van der Waals surface area contributed by atoms with Crippen molar-refractivity contribution in [3.63, 3.8) is 0 Å². The number of hydrogen-bond acceptors (Lipinski definition) is 5. The van der Waals surface area contributed by atoms with Crippen molar-refractivity contribution in [3.05, 3.63) is 35.9 Å². The molecule has 2 aliphatic carbocycles. The Hall–Kier alpha value is -1.80. The fraction of sp³-hybridized carbons (Fsp3) is 0.600. The number of aromatic nitrogens is 2. The highest BCUT2D eigenvalue weighted by atomic mass is 32.2. The molecule has 3 aliphatic rings. The molecule has 1 aliphatic heterocycles. The molecule has 0 N–H and O–H groups in total. The molecule has 0 spiro atoms. The van der Waals surface area contributed by atoms with Gasteiger partial charge in [-0.05, 0) is 62.3 Å². The van der Waals surface area contributed by atoms with Crippen molar-refractivity contribution < 1.29 is 17.3 Å². The number of benzene rings is 1. The van der Waals surface area contributed by atoms with E-state index in [-0.39, 0.29) is 16.5 Å². The lowest BCUT2D eigenvalue weighted by atomic mass is 9.74. The molecule has 0 unspecified atom stereocenters. The lowest BCUT2D eigenvalue weighted by molar-refractivity contribution is 0.198. The largest absolute Gasteiger partial charge is 0.334 e. The minimum atomic E-state index is -3.14. The van der Waals surface area contributed by atoms with Crippen LogP contribution in [0.4, 0.5) is 4.39 Å². The molecule has 2 aromatic rings. The molecule has 1 aromatic carbocycles. The molecule has 0 atom stereocenters. The topological polar surface area (TPSA) is 76.3 Å². The van der Waals surface area contributed by atoms with Crippen LogP contribution in [-0.4, -0.2) is 41.2 Å². The third-order valence-electron chi connectivity index (χ3n) is 6.35. The van der Waals surface area contributed by atoms with Gasteiger partial charge in [-0.15, -0.1) is 0 Å². The molecule has 0 bridgehead atoms. The van der Waals surface area contributed by atoms with Gasteiger partial charge in [0.25, 0.3) is 5.89 Å². The summed E-state index contributed by atoms with van der Waals surface area (Å²) in [5.41, 5.74) is 0.453. The second-order valence-corrected chi connectivity index (χ2v) is 10.7. The van der Waals surface area contributed by atoms with E-state index < -0.39 is 10.0 Å². The van der Waals surface area contributed by atoms with E-state index in [1.165, 1.54) is 25.0 Å². The molecular weight excluding hydrogens is 381 g/mol. The summed E-state index contributed by atoms with van der Waals surface area (Å²) < 4.78 is 45.5. The quantitative estimate of drug-likeness (QED) is 0.735. The second-order valence-electron chi connectivity index (χ2n) is 8.50. The Balaban J connectivity index is 1.39. The first kappa shape index (κ1) is 18.2. The molecular formula is C20H24FN3O3S. The minimum absolute atomic E-state index is 0.168. The van der Waals surface area contributed by atoms with Gasteiger partial charge in [-0.2, -0.15) is 4.98 Å². The first-order chi connectivity index (χ1) is 13.5. The highest BCUT2D eigenvalue weighted by Crippen LogP contribution is 2.47. The van der Waals surface area contributed by atoms with Crippen LogP contribution in [0.1, 0.15) is 50.8 Å². The van der Waals surface area contributed by atoms with E-state index in [2.05, 4.69) is 10.1 Å². The normalized spacial score (nSPS) is 23.0. The predicted octanol–water partition coefficient (Wildman–Crippen LogP) is 3.50. The number of sulfonamides is 1. The Kier molecular flexibility index (Phi) is 4.32. The summed E-state index contributed by atoms with van der Waals surface area (Å²) in [6, 6.07) is 6.01. The van der Waals surface area contributed by atoms with Gasteiger partial charge in [0, 0.05) is 24.1 Å². The Morgan fingerprint density at radius 3 is 2.39 bits per heavy atom. The van der Waals surface area contributed by atoms with E-state index >= 15 is 0 Å². The third-order valence-corrected chi connectivity index (χ3v) is 8.75. The van der Waals surface area contributed by atoms with Crippen molar-refractivity contribution in [2.24, 2.45) is 5.92 Å². The zero-order valence-corrected chi connectivity index (χ0v) is 16.5. The predicted molar refractivity (Wildman–Crippen MR) is 101 cm³/mol. The summed E-state index contributed by atoms with van der Waals surface area (Å²) in [6.45, 7) is 1.04. The minimum Gasteiger partial charge on any atom is -0.334 e. The van der Waals surface area contributed by atoms with Crippen molar-refractivity contribution in [3.8, 4) is 11.5 Å². The molecule has 5 rings (SSSR count). The fourth-order valence-electron chi connectivity index (χ4n) is 4.29. The maximum absolute atomic E-state index is 13.2. The van der Waals surface area contributed by atoms with Crippen LogP contribution in [0.3, 0.4) is 0 Å². The Morgan fingerprint density at radius 2 is 1.79 bits per heavy atom. The van der Waals surface area contributed by atoms with Gasteiger partial charge < -0.3 is 4.52 Å². The van der Waals surface area contributed by atoms with E-state index in [1.807, 2.05) is 0 Å². The van der Waals surface area contributed by atoms with Crippen LogP contribution in [0.2, 0.25) is 0 Å². The Bertz CT molecular complexity index is 957. The first-order valence-corrected chi connectivity index (χ1v) is 11.6. The molecule has 0 radical (unpaired) electrons. The molecule has 8 heteroatoms. The molecule has 2 saturated carbocycles. The zero-order chi connectivity index (χ0) is 19.4.